The maximum absolute atomic E-state index is 12.0. The van der Waals surface area contributed by atoms with Crippen molar-refractivity contribution in [2.24, 2.45) is 0 Å². The predicted molar refractivity (Wildman–Crippen MR) is 96.1 cm³/mol. The number of sulfone groups is 1. The zero-order chi connectivity index (χ0) is 18.0. The van der Waals surface area contributed by atoms with Gasteiger partial charge in [0.2, 0.25) is 11.8 Å². The van der Waals surface area contributed by atoms with Crippen molar-refractivity contribution in [3.05, 3.63) is 42.5 Å². The SMILES string of the molecule is CCC(=O)Nc1ccc(-c2nc3cc(S(=O)(=O)CC)ccc3o2)cc1. The summed E-state index contributed by atoms with van der Waals surface area (Å²) in [7, 11) is -3.29. The first-order valence-corrected chi connectivity index (χ1v) is 9.62. The van der Waals surface area contributed by atoms with Crippen LogP contribution in [0.1, 0.15) is 20.3 Å². The topological polar surface area (TPSA) is 89.3 Å². The highest BCUT2D eigenvalue weighted by Crippen LogP contribution is 2.27. The summed E-state index contributed by atoms with van der Waals surface area (Å²) in [5.41, 5.74) is 2.45. The molecule has 3 rings (SSSR count). The summed E-state index contributed by atoms with van der Waals surface area (Å²) < 4.78 is 29.7. The summed E-state index contributed by atoms with van der Waals surface area (Å²) in [5, 5.41) is 2.77. The fourth-order valence-corrected chi connectivity index (χ4v) is 3.24. The highest BCUT2D eigenvalue weighted by Gasteiger charge is 2.15. The lowest BCUT2D eigenvalue weighted by Gasteiger charge is -2.03. The van der Waals surface area contributed by atoms with Crippen molar-refractivity contribution in [1.29, 1.82) is 0 Å². The van der Waals surface area contributed by atoms with Crippen LogP contribution in [0.25, 0.3) is 22.6 Å². The van der Waals surface area contributed by atoms with Gasteiger partial charge in [-0.25, -0.2) is 13.4 Å². The van der Waals surface area contributed by atoms with Crippen LogP contribution in [0.5, 0.6) is 0 Å². The molecule has 7 heteroatoms. The molecule has 0 saturated carbocycles. The molecule has 0 atom stereocenters. The monoisotopic (exact) mass is 358 g/mol. The van der Waals surface area contributed by atoms with Crippen LogP contribution >= 0.6 is 0 Å². The fourth-order valence-electron chi connectivity index (χ4n) is 2.34. The quantitative estimate of drug-likeness (QED) is 0.752. The van der Waals surface area contributed by atoms with Gasteiger partial charge in [-0.2, -0.15) is 0 Å². The molecule has 0 fully saturated rings. The summed E-state index contributed by atoms with van der Waals surface area (Å²) in [6.45, 7) is 3.39. The van der Waals surface area contributed by atoms with Crippen LogP contribution in [0.4, 0.5) is 5.69 Å². The van der Waals surface area contributed by atoms with E-state index in [1.165, 1.54) is 12.1 Å². The van der Waals surface area contributed by atoms with E-state index < -0.39 is 9.84 Å². The van der Waals surface area contributed by atoms with Gasteiger partial charge < -0.3 is 9.73 Å². The Kier molecular flexibility index (Phi) is 4.59. The first-order valence-electron chi connectivity index (χ1n) is 7.96. The number of nitrogens with one attached hydrogen (secondary N) is 1. The number of carbonyl (C=O) groups is 1. The molecule has 1 N–H and O–H groups in total. The van der Waals surface area contributed by atoms with E-state index in [2.05, 4.69) is 10.3 Å². The van der Waals surface area contributed by atoms with Gasteiger partial charge in [0, 0.05) is 17.7 Å². The molecule has 2 aromatic carbocycles. The molecule has 3 aromatic rings. The van der Waals surface area contributed by atoms with E-state index >= 15 is 0 Å². The summed E-state index contributed by atoms with van der Waals surface area (Å²) in [6, 6.07) is 11.8. The predicted octanol–water partition coefficient (Wildman–Crippen LogP) is 3.64. The molecule has 130 valence electrons. The van der Waals surface area contributed by atoms with Crippen molar-refractivity contribution in [2.45, 2.75) is 25.2 Å². The van der Waals surface area contributed by atoms with E-state index in [0.717, 1.165) is 5.56 Å². The van der Waals surface area contributed by atoms with Crippen LogP contribution in [-0.4, -0.2) is 25.1 Å². The fraction of sp³-hybridized carbons (Fsp3) is 0.222. The molecule has 1 amide bonds. The third-order valence-corrected chi connectivity index (χ3v) is 5.57. The lowest BCUT2D eigenvalue weighted by atomic mass is 10.2. The Morgan fingerprint density at radius 2 is 1.84 bits per heavy atom. The molecule has 25 heavy (non-hydrogen) atoms. The molecule has 0 radical (unpaired) electrons. The molecule has 0 bridgehead atoms. The van der Waals surface area contributed by atoms with Gasteiger partial charge in [-0.15, -0.1) is 0 Å². The van der Waals surface area contributed by atoms with Gasteiger partial charge in [-0.1, -0.05) is 13.8 Å². The molecule has 0 aliphatic rings. The average molecular weight is 358 g/mol. The maximum Gasteiger partial charge on any atom is 0.227 e. The summed E-state index contributed by atoms with van der Waals surface area (Å²) >= 11 is 0. The van der Waals surface area contributed by atoms with Crippen molar-refractivity contribution < 1.29 is 17.6 Å². The van der Waals surface area contributed by atoms with Crippen LogP contribution in [-0.2, 0) is 14.6 Å². The van der Waals surface area contributed by atoms with Gasteiger partial charge in [0.1, 0.15) is 5.52 Å². The molecule has 1 aromatic heterocycles. The molecule has 1 heterocycles. The van der Waals surface area contributed by atoms with Crippen molar-refractivity contribution >= 4 is 32.5 Å². The third kappa shape index (κ3) is 3.56. The highest BCUT2D eigenvalue weighted by atomic mass is 32.2. The van der Waals surface area contributed by atoms with Gasteiger partial charge in [-0.3, -0.25) is 4.79 Å². The Hall–Kier alpha value is -2.67. The van der Waals surface area contributed by atoms with Gasteiger partial charge >= 0.3 is 0 Å². The number of hydrogen-bond acceptors (Lipinski definition) is 5. The van der Waals surface area contributed by atoms with E-state index in [0.29, 0.717) is 29.1 Å². The van der Waals surface area contributed by atoms with Crippen LogP contribution in [0.3, 0.4) is 0 Å². The number of fused-ring (bicyclic) bond motifs is 1. The van der Waals surface area contributed by atoms with Crippen molar-refractivity contribution in [3.63, 3.8) is 0 Å². The van der Waals surface area contributed by atoms with Gasteiger partial charge in [0.25, 0.3) is 0 Å². The number of nitrogens with zero attached hydrogens (tertiary/aromatic N) is 1. The number of oxazole rings is 1. The minimum atomic E-state index is -3.29. The smallest absolute Gasteiger partial charge is 0.227 e. The largest absolute Gasteiger partial charge is 0.436 e. The summed E-state index contributed by atoms with van der Waals surface area (Å²) in [5.74, 6) is 0.377. The Morgan fingerprint density at radius 3 is 2.48 bits per heavy atom. The first kappa shape index (κ1) is 17.2. The molecule has 0 unspecified atom stereocenters. The molecule has 0 spiro atoms. The number of aromatic nitrogens is 1. The van der Waals surface area contributed by atoms with Crippen LogP contribution in [0.2, 0.25) is 0 Å². The van der Waals surface area contributed by atoms with E-state index in [1.807, 2.05) is 0 Å². The number of anilines is 1. The number of hydrogen-bond donors (Lipinski definition) is 1. The van der Waals surface area contributed by atoms with Gasteiger partial charge in [-0.05, 0) is 42.5 Å². The zero-order valence-corrected chi connectivity index (χ0v) is 14.8. The summed E-state index contributed by atoms with van der Waals surface area (Å²) in [6.07, 6.45) is 0.413. The number of rotatable bonds is 5. The van der Waals surface area contributed by atoms with Crippen LogP contribution in [0.15, 0.2) is 51.8 Å². The molecule has 6 nitrogen and oxygen atoms in total. The van der Waals surface area contributed by atoms with Crippen molar-refractivity contribution in [2.75, 3.05) is 11.1 Å². The number of benzene rings is 2. The Bertz CT molecular complexity index is 1020. The normalized spacial score (nSPS) is 11.6. The summed E-state index contributed by atoms with van der Waals surface area (Å²) in [4.78, 5) is 16.0. The zero-order valence-electron chi connectivity index (χ0n) is 13.9. The second-order valence-electron chi connectivity index (χ2n) is 5.53. The molecular formula is C18H18N2O4S. The molecule has 0 aliphatic heterocycles. The highest BCUT2D eigenvalue weighted by molar-refractivity contribution is 7.91. The number of carbonyl (C=O) groups excluding carboxylic acids is 1. The van der Waals surface area contributed by atoms with E-state index in [-0.39, 0.29) is 16.6 Å². The molecule has 0 aliphatic carbocycles. The first-order chi connectivity index (χ1) is 11.9. The van der Waals surface area contributed by atoms with Crippen LogP contribution < -0.4 is 5.32 Å². The Labute approximate surface area is 145 Å². The molecule has 0 saturated heterocycles. The van der Waals surface area contributed by atoms with Crippen molar-refractivity contribution in [1.82, 2.24) is 4.98 Å². The minimum Gasteiger partial charge on any atom is -0.436 e. The van der Waals surface area contributed by atoms with Crippen molar-refractivity contribution in [3.8, 4) is 11.5 Å². The van der Waals surface area contributed by atoms with E-state index in [9.17, 15) is 13.2 Å². The minimum absolute atomic E-state index is 0.0359. The molecular weight excluding hydrogens is 340 g/mol. The Balaban J connectivity index is 1.93. The second-order valence-corrected chi connectivity index (χ2v) is 7.81. The Morgan fingerprint density at radius 1 is 1.12 bits per heavy atom. The van der Waals surface area contributed by atoms with Gasteiger partial charge in [0.15, 0.2) is 15.4 Å². The average Bonchev–Trinajstić information content (AvgIpc) is 3.05. The van der Waals surface area contributed by atoms with E-state index in [1.54, 1.807) is 44.2 Å². The lowest BCUT2D eigenvalue weighted by molar-refractivity contribution is -0.115. The maximum atomic E-state index is 12.0. The van der Waals surface area contributed by atoms with Crippen LogP contribution in [0, 0.1) is 0 Å². The second kappa shape index (κ2) is 6.68. The lowest BCUT2D eigenvalue weighted by Crippen LogP contribution is -2.08. The van der Waals surface area contributed by atoms with Gasteiger partial charge in [0.05, 0.1) is 10.6 Å². The third-order valence-electron chi connectivity index (χ3n) is 3.83. The number of amides is 1. The van der Waals surface area contributed by atoms with E-state index in [4.69, 9.17) is 4.42 Å². The standard InChI is InChI=1S/C18H18N2O4S/c1-3-17(21)19-13-7-5-12(6-8-13)18-20-15-11-14(25(22,23)4-2)9-10-16(15)24-18/h5-11H,3-4H2,1-2H3,(H,19,21).